The Morgan fingerprint density at radius 3 is 1.79 bits per heavy atom. The number of fused-ring (bicyclic) bond motifs is 1. The maximum absolute atomic E-state index is 12.0. The zero-order valence-electron chi connectivity index (χ0n) is 27.0. The summed E-state index contributed by atoms with van der Waals surface area (Å²) in [6, 6.07) is 28.0. The van der Waals surface area contributed by atoms with Crippen molar-refractivity contribution in [3.8, 4) is 34.0 Å². The Bertz CT molecular complexity index is 1710. The maximum atomic E-state index is 12.0. The predicted molar refractivity (Wildman–Crippen MR) is 179 cm³/mol. The molecule has 3 heteroatoms. The molecule has 0 fully saturated rings. The van der Waals surface area contributed by atoms with Crippen LogP contribution in [0.25, 0.3) is 39.2 Å². The van der Waals surface area contributed by atoms with Crippen molar-refractivity contribution in [2.24, 2.45) is 0 Å². The number of aromatic hydroxyl groups is 1. The standard InChI is InChI=1S/C39H46N2O/c1-24(2)29-20-27(26-16-12-11-13-17-26)21-30(25(3)4)35(29)41-34-19-15-14-18-33(34)40-37(41)31-22-28(38(5,6)7)23-32(36(31)42)39(8,9)10/h11-25,42H,1-10H3. The van der Waals surface area contributed by atoms with E-state index in [2.05, 4.69) is 147 Å². The summed E-state index contributed by atoms with van der Waals surface area (Å²) in [5.41, 5.74) is 10.7. The van der Waals surface area contributed by atoms with E-state index in [0.717, 1.165) is 28.0 Å². The van der Waals surface area contributed by atoms with Crippen molar-refractivity contribution in [2.45, 2.75) is 91.9 Å². The van der Waals surface area contributed by atoms with Gasteiger partial charge in [-0.25, -0.2) is 4.98 Å². The first-order valence-corrected chi connectivity index (χ1v) is 15.3. The molecule has 1 heterocycles. The van der Waals surface area contributed by atoms with E-state index in [1.165, 1.54) is 33.5 Å². The highest BCUT2D eigenvalue weighted by Crippen LogP contribution is 2.45. The number of nitrogens with zero attached hydrogens (tertiary/aromatic N) is 2. The molecule has 42 heavy (non-hydrogen) atoms. The Hall–Kier alpha value is -3.85. The lowest BCUT2D eigenvalue weighted by atomic mass is 9.78. The Morgan fingerprint density at radius 2 is 1.24 bits per heavy atom. The van der Waals surface area contributed by atoms with Gasteiger partial charge in [0.1, 0.15) is 11.6 Å². The van der Waals surface area contributed by atoms with Crippen LogP contribution in [-0.4, -0.2) is 14.7 Å². The van der Waals surface area contributed by atoms with Crippen LogP contribution in [-0.2, 0) is 10.8 Å². The molecule has 0 aliphatic heterocycles. The van der Waals surface area contributed by atoms with Crippen LogP contribution in [0.3, 0.4) is 0 Å². The number of hydrogen-bond donors (Lipinski definition) is 1. The first kappa shape index (κ1) is 29.6. The van der Waals surface area contributed by atoms with Crippen LogP contribution in [0.15, 0.2) is 78.9 Å². The van der Waals surface area contributed by atoms with Crippen LogP contribution in [0, 0.1) is 0 Å². The Balaban J connectivity index is 1.94. The molecule has 4 aromatic carbocycles. The summed E-state index contributed by atoms with van der Waals surface area (Å²) in [5.74, 6) is 1.64. The van der Waals surface area contributed by atoms with E-state index in [1.54, 1.807) is 0 Å². The molecule has 5 rings (SSSR count). The Labute approximate surface area is 252 Å². The molecule has 218 valence electrons. The smallest absolute Gasteiger partial charge is 0.149 e. The van der Waals surface area contributed by atoms with E-state index >= 15 is 0 Å². The Morgan fingerprint density at radius 1 is 0.667 bits per heavy atom. The molecular formula is C39H46N2O. The molecule has 0 radical (unpaired) electrons. The van der Waals surface area contributed by atoms with Crippen LogP contribution in [0.1, 0.15) is 103 Å². The molecular weight excluding hydrogens is 512 g/mol. The first-order valence-electron chi connectivity index (χ1n) is 15.3. The van der Waals surface area contributed by atoms with Gasteiger partial charge < -0.3 is 5.11 Å². The summed E-state index contributed by atoms with van der Waals surface area (Å²) in [6.45, 7) is 22.3. The largest absolute Gasteiger partial charge is 0.507 e. The van der Waals surface area contributed by atoms with Gasteiger partial charge in [0, 0.05) is 5.56 Å². The molecule has 0 saturated heterocycles. The van der Waals surface area contributed by atoms with E-state index in [9.17, 15) is 5.11 Å². The maximum Gasteiger partial charge on any atom is 0.149 e. The summed E-state index contributed by atoms with van der Waals surface area (Å²) in [6.07, 6.45) is 0. The molecule has 5 aromatic rings. The van der Waals surface area contributed by atoms with Crippen molar-refractivity contribution in [2.75, 3.05) is 0 Å². The van der Waals surface area contributed by atoms with Gasteiger partial charge in [-0.15, -0.1) is 0 Å². The second kappa shape index (κ2) is 10.8. The number of hydrogen-bond acceptors (Lipinski definition) is 2. The average molecular weight is 559 g/mol. The monoisotopic (exact) mass is 558 g/mol. The topological polar surface area (TPSA) is 38.0 Å². The zero-order chi connectivity index (χ0) is 30.6. The van der Waals surface area contributed by atoms with Crippen LogP contribution < -0.4 is 0 Å². The van der Waals surface area contributed by atoms with Crippen molar-refractivity contribution >= 4 is 11.0 Å². The van der Waals surface area contributed by atoms with E-state index in [4.69, 9.17) is 4.98 Å². The fraction of sp³-hybridized carbons (Fsp3) is 0.359. The van der Waals surface area contributed by atoms with Crippen LogP contribution in [0.5, 0.6) is 5.75 Å². The van der Waals surface area contributed by atoms with Crippen LogP contribution >= 0.6 is 0 Å². The quantitative estimate of drug-likeness (QED) is 0.233. The van der Waals surface area contributed by atoms with Crippen molar-refractivity contribution in [3.05, 3.63) is 101 Å². The molecule has 0 atom stereocenters. The van der Waals surface area contributed by atoms with E-state index in [-0.39, 0.29) is 22.7 Å². The number of phenols is 1. The van der Waals surface area contributed by atoms with Gasteiger partial charge in [0.15, 0.2) is 0 Å². The van der Waals surface area contributed by atoms with E-state index < -0.39 is 0 Å². The number of aromatic nitrogens is 2. The lowest BCUT2D eigenvalue weighted by Crippen LogP contribution is -2.17. The molecule has 0 spiro atoms. The number of imidazole rings is 1. The van der Waals surface area contributed by atoms with Gasteiger partial charge >= 0.3 is 0 Å². The van der Waals surface area contributed by atoms with E-state index in [0.29, 0.717) is 5.75 Å². The molecule has 0 bridgehead atoms. The van der Waals surface area contributed by atoms with Crippen molar-refractivity contribution in [1.29, 1.82) is 0 Å². The van der Waals surface area contributed by atoms with Gasteiger partial charge in [0.2, 0.25) is 0 Å². The Kier molecular flexibility index (Phi) is 7.60. The third-order valence-corrected chi connectivity index (χ3v) is 8.33. The molecule has 1 aromatic heterocycles. The lowest BCUT2D eigenvalue weighted by Gasteiger charge is -2.28. The highest BCUT2D eigenvalue weighted by atomic mass is 16.3. The second-order valence-corrected chi connectivity index (χ2v) is 14.4. The first-order chi connectivity index (χ1) is 19.7. The SMILES string of the molecule is CC(C)c1cc(-c2ccccc2)cc(C(C)C)c1-n1c(-c2cc(C(C)(C)C)cc(C(C)(C)C)c2O)nc2ccccc21. The van der Waals surface area contributed by atoms with Crippen LogP contribution in [0.2, 0.25) is 0 Å². The summed E-state index contributed by atoms with van der Waals surface area (Å²) in [4.78, 5) is 5.25. The highest BCUT2D eigenvalue weighted by molar-refractivity contribution is 5.86. The minimum absolute atomic E-state index is 0.0944. The van der Waals surface area contributed by atoms with Crippen molar-refractivity contribution < 1.29 is 5.11 Å². The molecule has 0 aliphatic carbocycles. The zero-order valence-corrected chi connectivity index (χ0v) is 27.0. The van der Waals surface area contributed by atoms with Crippen LogP contribution in [0.4, 0.5) is 0 Å². The number of para-hydroxylation sites is 2. The van der Waals surface area contributed by atoms with Gasteiger partial charge in [-0.1, -0.05) is 118 Å². The molecule has 1 N–H and O–H groups in total. The minimum Gasteiger partial charge on any atom is -0.507 e. The predicted octanol–water partition coefficient (Wildman–Crippen LogP) is 10.9. The number of phenolic OH excluding ortho intramolecular Hbond substituents is 1. The van der Waals surface area contributed by atoms with Gasteiger partial charge in [-0.2, -0.15) is 0 Å². The third kappa shape index (κ3) is 5.38. The fourth-order valence-corrected chi connectivity index (χ4v) is 5.86. The summed E-state index contributed by atoms with van der Waals surface area (Å²) >= 11 is 0. The summed E-state index contributed by atoms with van der Waals surface area (Å²) in [5, 5.41) is 12.0. The van der Waals surface area contributed by atoms with Gasteiger partial charge in [0.25, 0.3) is 0 Å². The molecule has 3 nitrogen and oxygen atoms in total. The summed E-state index contributed by atoms with van der Waals surface area (Å²) in [7, 11) is 0. The van der Waals surface area contributed by atoms with E-state index in [1.807, 2.05) is 6.07 Å². The number of rotatable bonds is 5. The van der Waals surface area contributed by atoms with Crippen molar-refractivity contribution in [3.63, 3.8) is 0 Å². The van der Waals surface area contributed by atoms with Gasteiger partial charge in [-0.3, -0.25) is 4.57 Å². The molecule has 0 aliphatic rings. The fourth-order valence-electron chi connectivity index (χ4n) is 5.86. The number of benzene rings is 4. The third-order valence-electron chi connectivity index (χ3n) is 8.33. The second-order valence-electron chi connectivity index (χ2n) is 14.4. The molecule has 0 unspecified atom stereocenters. The molecule has 0 amide bonds. The highest BCUT2D eigenvalue weighted by Gasteiger charge is 2.29. The molecule has 0 saturated carbocycles. The lowest BCUT2D eigenvalue weighted by molar-refractivity contribution is 0.446. The minimum atomic E-state index is -0.236. The van der Waals surface area contributed by atoms with Crippen molar-refractivity contribution in [1.82, 2.24) is 9.55 Å². The van der Waals surface area contributed by atoms with Gasteiger partial charge in [-0.05, 0) is 80.8 Å². The average Bonchev–Trinajstić information content (AvgIpc) is 3.30. The normalized spacial score (nSPS) is 12.6. The van der Waals surface area contributed by atoms with Gasteiger partial charge in [0.05, 0.1) is 22.3 Å². The summed E-state index contributed by atoms with van der Waals surface area (Å²) < 4.78 is 2.32.